The molecule has 0 aromatic carbocycles. The molecular formula is C11H10N4O2. The molecule has 0 saturated heterocycles. The number of nitrogens with one attached hydrogen (secondary N) is 1. The lowest BCUT2D eigenvalue weighted by molar-refractivity contribution is 0.0697. The van der Waals surface area contributed by atoms with Crippen LogP contribution in [0.15, 0.2) is 36.7 Å². The summed E-state index contributed by atoms with van der Waals surface area (Å²) in [6.45, 7) is 0.380. The monoisotopic (exact) mass is 230 g/mol. The Labute approximate surface area is 97.4 Å². The molecule has 2 aromatic rings. The molecule has 0 radical (unpaired) electrons. The van der Waals surface area contributed by atoms with E-state index in [4.69, 9.17) is 5.11 Å². The van der Waals surface area contributed by atoms with E-state index in [1.165, 1.54) is 12.3 Å². The topological polar surface area (TPSA) is 88.0 Å². The first-order valence-electron chi connectivity index (χ1n) is 4.96. The van der Waals surface area contributed by atoms with Gasteiger partial charge in [0.15, 0.2) is 0 Å². The third-order valence-corrected chi connectivity index (χ3v) is 2.10. The second-order valence-corrected chi connectivity index (χ2v) is 3.27. The van der Waals surface area contributed by atoms with Gasteiger partial charge >= 0.3 is 5.97 Å². The number of anilines is 1. The first kappa shape index (κ1) is 11.0. The summed E-state index contributed by atoms with van der Waals surface area (Å²) in [5.74, 6) is -0.689. The molecule has 2 aromatic heterocycles. The number of hydrogen-bond acceptors (Lipinski definition) is 5. The number of rotatable bonds is 4. The second-order valence-electron chi connectivity index (χ2n) is 3.27. The Hall–Kier alpha value is -2.50. The smallest absolute Gasteiger partial charge is 0.339 e. The average Bonchev–Trinajstić information content (AvgIpc) is 2.38. The maximum atomic E-state index is 10.9. The van der Waals surface area contributed by atoms with Gasteiger partial charge < -0.3 is 10.4 Å². The summed E-state index contributed by atoms with van der Waals surface area (Å²) in [6, 6.07) is 6.63. The molecule has 86 valence electrons. The van der Waals surface area contributed by atoms with E-state index in [1.54, 1.807) is 24.4 Å². The maximum Gasteiger partial charge on any atom is 0.339 e. The summed E-state index contributed by atoms with van der Waals surface area (Å²) >= 11 is 0. The molecule has 6 nitrogen and oxygen atoms in total. The zero-order valence-electron chi connectivity index (χ0n) is 8.87. The summed E-state index contributed by atoms with van der Waals surface area (Å²) < 4.78 is 0. The van der Waals surface area contributed by atoms with Gasteiger partial charge in [0, 0.05) is 12.4 Å². The first-order valence-corrected chi connectivity index (χ1v) is 4.96. The molecule has 17 heavy (non-hydrogen) atoms. The van der Waals surface area contributed by atoms with Crippen LogP contribution >= 0.6 is 0 Å². The fourth-order valence-corrected chi connectivity index (χ4v) is 1.32. The number of nitrogens with zero attached hydrogens (tertiary/aromatic N) is 3. The zero-order valence-corrected chi connectivity index (χ0v) is 8.87. The lowest BCUT2D eigenvalue weighted by Gasteiger charge is -2.06. The first-order chi connectivity index (χ1) is 8.27. The Morgan fingerprint density at radius 2 is 2.12 bits per heavy atom. The van der Waals surface area contributed by atoms with Crippen molar-refractivity contribution in [3.05, 3.63) is 47.9 Å². The Morgan fingerprint density at radius 1 is 1.29 bits per heavy atom. The van der Waals surface area contributed by atoms with E-state index in [-0.39, 0.29) is 5.56 Å². The minimum atomic E-state index is -1.01. The van der Waals surface area contributed by atoms with Gasteiger partial charge in [-0.15, -0.1) is 0 Å². The number of aromatic carboxylic acids is 1. The molecule has 0 aliphatic rings. The Morgan fingerprint density at radius 3 is 2.82 bits per heavy atom. The van der Waals surface area contributed by atoms with Crippen LogP contribution in [0.5, 0.6) is 0 Å². The summed E-state index contributed by atoms with van der Waals surface area (Å²) in [4.78, 5) is 14.9. The van der Waals surface area contributed by atoms with Gasteiger partial charge in [-0.2, -0.15) is 10.2 Å². The van der Waals surface area contributed by atoms with Crippen LogP contribution in [-0.4, -0.2) is 26.3 Å². The molecule has 0 saturated carbocycles. The van der Waals surface area contributed by atoms with Gasteiger partial charge in [0.1, 0.15) is 11.4 Å². The molecule has 0 unspecified atom stereocenters. The van der Waals surface area contributed by atoms with Crippen LogP contribution in [0.2, 0.25) is 0 Å². The van der Waals surface area contributed by atoms with Crippen molar-refractivity contribution < 1.29 is 9.90 Å². The van der Waals surface area contributed by atoms with Crippen LogP contribution < -0.4 is 5.32 Å². The van der Waals surface area contributed by atoms with Gasteiger partial charge in [0.2, 0.25) is 0 Å². The number of hydrogen-bond donors (Lipinski definition) is 2. The van der Waals surface area contributed by atoms with Gasteiger partial charge in [-0.05, 0) is 24.3 Å². The van der Waals surface area contributed by atoms with Crippen LogP contribution in [0.4, 0.5) is 5.82 Å². The minimum Gasteiger partial charge on any atom is -0.478 e. The van der Waals surface area contributed by atoms with Crippen molar-refractivity contribution in [3.8, 4) is 0 Å². The van der Waals surface area contributed by atoms with E-state index < -0.39 is 5.97 Å². The lowest BCUT2D eigenvalue weighted by Crippen LogP contribution is -2.09. The van der Waals surface area contributed by atoms with Crippen molar-refractivity contribution in [2.45, 2.75) is 6.54 Å². The summed E-state index contributed by atoms with van der Waals surface area (Å²) in [6.07, 6.45) is 3.11. The van der Waals surface area contributed by atoms with E-state index in [0.717, 1.165) is 5.69 Å². The van der Waals surface area contributed by atoms with Crippen LogP contribution in [0.3, 0.4) is 0 Å². The molecule has 0 fully saturated rings. The maximum absolute atomic E-state index is 10.9. The van der Waals surface area contributed by atoms with Gasteiger partial charge in [-0.25, -0.2) is 9.78 Å². The van der Waals surface area contributed by atoms with Gasteiger partial charge in [0.05, 0.1) is 12.2 Å². The zero-order chi connectivity index (χ0) is 12.1. The molecule has 0 bridgehead atoms. The Kier molecular flexibility index (Phi) is 3.25. The highest BCUT2D eigenvalue weighted by atomic mass is 16.4. The third-order valence-electron chi connectivity index (χ3n) is 2.10. The van der Waals surface area contributed by atoms with Crippen molar-refractivity contribution in [1.29, 1.82) is 0 Å². The van der Waals surface area contributed by atoms with Crippen LogP contribution in [-0.2, 0) is 6.54 Å². The minimum absolute atomic E-state index is 0.136. The predicted molar refractivity (Wildman–Crippen MR) is 60.6 cm³/mol. The molecule has 0 aliphatic heterocycles. The molecule has 0 atom stereocenters. The number of carboxylic acids is 1. The lowest BCUT2D eigenvalue weighted by atomic mass is 10.2. The molecule has 0 amide bonds. The number of carboxylic acid groups (broad SMARTS) is 1. The largest absolute Gasteiger partial charge is 0.478 e. The number of carbonyl (C=O) groups is 1. The highest BCUT2D eigenvalue weighted by molar-refractivity contribution is 5.92. The number of aromatic nitrogens is 3. The Bertz CT molecular complexity index is 516. The van der Waals surface area contributed by atoms with Crippen molar-refractivity contribution in [3.63, 3.8) is 0 Å². The van der Waals surface area contributed by atoms with Crippen molar-refractivity contribution in [2.24, 2.45) is 0 Å². The predicted octanol–water partition coefficient (Wildman–Crippen LogP) is 1.18. The second kappa shape index (κ2) is 5.02. The van der Waals surface area contributed by atoms with Crippen molar-refractivity contribution >= 4 is 11.8 Å². The van der Waals surface area contributed by atoms with Crippen molar-refractivity contribution in [2.75, 3.05) is 5.32 Å². The summed E-state index contributed by atoms with van der Waals surface area (Å²) in [7, 11) is 0. The highest BCUT2D eigenvalue weighted by Gasteiger charge is 2.09. The number of pyridine rings is 1. The van der Waals surface area contributed by atoms with E-state index in [2.05, 4.69) is 20.5 Å². The van der Waals surface area contributed by atoms with Gasteiger partial charge in [0.25, 0.3) is 0 Å². The van der Waals surface area contributed by atoms with E-state index in [9.17, 15) is 4.79 Å². The van der Waals surface area contributed by atoms with Crippen LogP contribution in [0, 0.1) is 0 Å². The molecule has 2 rings (SSSR count). The molecular weight excluding hydrogens is 220 g/mol. The van der Waals surface area contributed by atoms with E-state index >= 15 is 0 Å². The molecule has 0 aliphatic carbocycles. The van der Waals surface area contributed by atoms with E-state index in [1.807, 2.05) is 0 Å². The van der Waals surface area contributed by atoms with Gasteiger partial charge in [-0.3, -0.25) is 0 Å². The summed E-state index contributed by atoms with van der Waals surface area (Å²) in [5, 5.41) is 19.5. The molecule has 2 heterocycles. The summed E-state index contributed by atoms with van der Waals surface area (Å²) in [5.41, 5.74) is 0.853. The van der Waals surface area contributed by atoms with Crippen LogP contribution in [0.1, 0.15) is 16.1 Å². The van der Waals surface area contributed by atoms with E-state index in [0.29, 0.717) is 12.4 Å². The third kappa shape index (κ3) is 2.75. The van der Waals surface area contributed by atoms with Crippen molar-refractivity contribution in [1.82, 2.24) is 15.2 Å². The SMILES string of the molecule is O=C(O)c1cccnc1NCc1cccnn1. The molecule has 0 spiro atoms. The average molecular weight is 230 g/mol. The van der Waals surface area contributed by atoms with Gasteiger partial charge in [-0.1, -0.05) is 0 Å². The Balaban J connectivity index is 2.12. The molecule has 6 heteroatoms. The fourth-order valence-electron chi connectivity index (χ4n) is 1.32. The molecule has 2 N–H and O–H groups in total. The highest BCUT2D eigenvalue weighted by Crippen LogP contribution is 2.11. The fraction of sp³-hybridized carbons (Fsp3) is 0.0909. The standard InChI is InChI=1S/C11H10N4O2/c16-11(17)9-4-2-5-12-10(9)13-7-8-3-1-6-14-15-8/h1-6H,7H2,(H,12,13)(H,16,17). The van der Waals surface area contributed by atoms with Crippen LogP contribution in [0.25, 0.3) is 0 Å². The quantitative estimate of drug-likeness (QED) is 0.820. The normalized spacial score (nSPS) is 9.88.